The summed E-state index contributed by atoms with van der Waals surface area (Å²) in [7, 11) is 1.60. The van der Waals surface area contributed by atoms with E-state index in [1.165, 1.54) is 15.6 Å². The minimum absolute atomic E-state index is 0.145. The van der Waals surface area contributed by atoms with E-state index < -0.39 is 5.54 Å². The van der Waals surface area contributed by atoms with Gasteiger partial charge in [-0.25, -0.2) is 0 Å². The largest absolute Gasteiger partial charge is 0.350 e. The Hall–Kier alpha value is -3.59. The van der Waals surface area contributed by atoms with Gasteiger partial charge in [0.05, 0.1) is 6.54 Å². The van der Waals surface area contributed by atoms with Crippen LogP contribution in [0.1, 0.15) is 44.6 Å². The van der Waals surface area contributed by atoms with Gasteiger partial charge in [-0.05, 0) is 43.4 Å². The van der Waals surface area contributed by atoms with Crippen LogP contribution in [0, 0.1) is 6.92 Å². The number of benzene rings is 2. The third-order valence-electron chi connectivity index (χ3n) is 6.41. The summed E-state index contributed by atoms with van der Waals surface area (Å²) in [4.78, 5) is 41.5. The Kier molecular flexibility index (Phi) is 6.98. The van der Waals surface area contributed by atoms with E-state index in [4.69, 9.17) is 0 Å². The summed E-state index contributed by atoms with van der Waals surface area (Å²) in [6, 6.07) is 17.3. The number of aromatic nitrogens is 2. The van der Waals surface area contributed by atoms with E-state index in [9.17, 15) is 14.4 Å². The van der Waals surface area contributed by atoms with Crippen molar-refractivity contribution >= 4 is 29.5 Å². The predicted octanol–water partition coefficient (Wildman–Crippen LogP) is 3.00. The summed E-state index contributed by atoms with van der Waals surface area (Å²) in [5.41, 5.74) is 2.36. The van der Waals surface area contributed by atoms with Crippen LogP contribution in [0.15, 0.2) is 59.5 Å². The summed E-state index contributed by atoms with van der Waals surface area (Å²) < 4.78 is 1.45. The molecule has 0 bridgehead atoms. The van der Waals surface area contributed by atoms with Gasteiger partial charge < -0.3 is 15.5 Å². The van der Waals surface area contributed by atoms with Gasteiger partial charge in [-0.3, -0.25) is 19.1 Å². The van der Waals surface area contributed by atoms with Crippen molar-refractivity contribution in [2.45, 2.75) is 43.9 Å². The molecule has 3 aromatic rings. The van der Waals surface area contributed by atoms with Crippen molar-refractivity contribution < 1.29 is 14.4 Å². The average Bonchev–Trinajstić information content (AvgIpc) is 3.29. The van der Waals surface area contributed by atoms with Crippen LogP contribution < -0.4 is 10.6 Å². The van der Waals surface area contributed by atoms with Gasteiger partial charge in [-0.2, -0.15) is 5.10 Å². The first kappa shape index (κ1) is 24.5. The highest BCUT2D eigenvalue weighted by atomic mass is 32.2. The Morgan fingerprint density at radius 1 is 1.03 bits per heavy atom. The lowest BCUT2D eigenvalue weighted by atomic mass is 9.95. The second kappa shape index (κ2) is 9.95. The summed E-state index contributed by atoms with van der Waals surface area (Å²) in [6.45, 7) is 4.56. The van der Waals surface area contributed by atoms with Gasteiger partial charge in [0.25, 0.3) is 11.8 Å². The van der Waals surface area contributed by atoms with Crippen LogP contribution in [-0.2, 0) is 24.4 Å². The molecule has 2 N–H and O–H groups in total. The van der Waals surface area contributed by atoms with E-state index >= 15 is 0 Å². The molecule has 0 spiro atoms. The molecule has 0 saturated heterocycles. The number of aryl methyl sites for hydroxylation is 1. The minimum atomic E-state index is -1.15. The summed E-state index contributed by atoms with van der Waals surface area (Å²) in [5.74, 6) is -1.01. The van der Waals surface area contributed by atoms with Gasteiger partial charge in [-0.1, -0.05) is 42.0 Å². The fourth-order valence-electron chi connectivity index (χ4n) is 3.93. The number of nitrogens with one attached hydrogen (secondary N) is 2. The lowest BCUT2D eigenvalue weighted by Gasteiger charge is -2.40. The van der Waals surface area contributed by atoms with Crippen LogP contribution in [0.25, 0.3) is 0 Å². The zero-order chi connectivity index (χ0) is 25.2. The quantitative estimate of drug-likeness (QED) is 0.496. The molecule has 0 fully saturated rings. The van der Waals surface area contributed by atoms with Crippen molar-refractivity contribution in [1.29, 1.82) is 0 Å². The SMILES string of the molecule is CSc1ccc(CNC(=O)c2cc3n(n2)C[C@@](C)(C(=O)NCc2ccc(C)cc2)N(C)C3=O)cc1. The first-order valence-corrected chi connectivity index (χ1v) is 12.5. The Morgan fingerprint density at radius 3 is 2.26 bits per heavy atom. The van der Waals surface area contributed by atoms with Gasteiger partial charge in [0.15, 0.2) is 5.69 Å². The van der Waals surface area contributed by atoms with Crippen molar-refractivity contribution in [3.05, 3.63) is 82.7 Å². The van der Waals surface area contributed by atoms with Crippen LogP contribution in [0.3, 0.4) is 0 Å². The summed E-state index contributed by atoms with van der Waals surface area (Å²) in [6.07, 6.45) is 2.01. The monoisotopic (exact) mass is 491 g/mol. The average molecular weight is 492 g/mol. The molecule has 0 saturated carbocycles. The number of fused-ring (bicyclic) bond motifs is 1. The number of thioether (sulfide) groups is 1. The molecular weight excluding hydrogens is 462 g/mol. The number of hydrogen-bond donors (Lipinski definition) is 2. The van der Waals surface area contributed by atoms with Gasteiger partial charge >= 0.3 is 0 Å². The highest BCUT2D eigenvalue weighted by molar-refractivity contribution is 7.98. The molecule has 35 heavy (non-hydrogen) atoms. The second-order valence-corrected chi connectivity index (χ2v) is 9.79. The van der Waals surface area contributed by atoms with Crippen LogP contribution in [0.2, 0.25) is 0 Å². The lowest BCUT2D eigenvalue weighted by Crippen LogP contribution is -2.62. The van der Waals surface area contributed by atoms with Gasteiger partial charge in [0, 0.05) is 31.1 Å². The van der Waals surface area contributed by atoms with Crippen LogP contribution in [0.4, 0.5) is 0 Å². The van der Waals surface area contributed by atoms with E-state index in [2.05, 4.69) is 15.7 Å². The van der Waals surface area contributed by atoms with Gasteiger partial charge in [0.2, 0.25) is 5.91 Å². The molecule has 0 radical (unpaired) electrons. The van der Waals surface area contributed by atoms with Crippen molar-refractivity contribution in [2.75, 3.05) is 13.3 Å². The van der Waals surface area contributed by atoms with Crippen molar-refractivity contribution in [2.24, 2.45) is 0 Å². The third kappa shape index (κ3) is 5.09. The zero-order valence-corrected chi connectivity index (χ0v) is 21.1. The van der Waals surface area contributed by atoms with Crippen molar-refractivity contribution in [1.82, 2.24) is 25.3 Å². The molecule has 182 valence electrons. The maximum Gasteiger partial charge on any atom is 0.272 e. The molecule has 8 nitrogen and oxygen atoms in total. The number of amides is 3. The predicted molar refractivity (Wildman–Crippen MR) is 135 cm³/mol. The molecule has 2 heterocycles. The molecular formula is C26H29N5O3S. The second-order valence-electron chi connectivity index (χ2n) is 8.91. The smallest absolute Gasteiger partial charge is 0.272 e. The zero-order valence-electron chi connectivity index (χ0n) is 20.3. The Labute approximate surface area is 209 Å². The summed E-state index contributed by atoms with van der Waals surface area (Å²) in [5, 5.41) is 10.1. The Morgan fingerprint density at radius 2 is 1.63 bits per heavy atom. The van der Waals surface area contributed by atoms with Crippen LogP contribution in [-0.4, -0.2) is 51.2 Å². The first-order valence-electron chi connectivity index (χ1n) is 11.3. The normalized spacial score (nSPS) is 17.1. The molecule has 3 amide bonds. The molecule has 1 aromatic heterocycles. The number of carbonyl (C=O) groups excluding carboxylic acids is 3. The van der Waals surface area contributed by atoms with E-state index in [0.29, 0.717) is 13.1 Å². The van der Waals surface area contributed by atoms with E-state index in [0.717, 1.165) is 21.6 Å². The fraction of sp³-hybridized carbons (Fsp3) is 0.308. The molecule has 1 aliphatic rings. The number of carbonyl (C=O) groups is 3. The standard InChI is InChI=1S/C26H29N5O3S/c1-17-5-7-18(8-6-17)15-28-25(34)26(2)16-31-22(24(33)30(26)3)13-21(29-31)23(32)27-14-19-9-11-20(35-4)12-10-19/h5-13H,14-16H2,1-4H3,(H,27,32)(H,28,34)/t26-/m0/s1. The first-order chi connectivity index (χ1) is 16.7. The minimum Gasteiger partial charge on any atom is -0.350 e. The molecule has 4 rings (SSSR count). The molecule has 0 aliphatic carbocycles. The highest BCUT2D eigenvalue weighted by Crippen LogP contribution is 2.26. The number of nitrogens with zero attached hydrogens (tertiary/aromatic N) is 3. The lowest BCUT2D eigenvalue weighted by molar-refractivity contribution is -0.132. The van der Waals surface area contributed by atoms with E-state index in [1.807, 2.05) is 61.7 Å². The number of hydrogen-bond acceptors (Lipinski definition) is 5. The van der Waals surface area contributed by atoms with E-state index in [1.54, 1.807) is 25.7 Å². The van der Waals surface area contributed by atoms with Crippen LogP contribution in [0.5, 0.6) is 0 Å². The van der Waals surface area contributed by atoms with Gasteiger partial charge in [0.1, 0.15) is 11.2 Å². The highest BCUT2D eigenvalue weighted by Gasteiger charge is 2.46. The fourth-order valence-corrected chi connectivity index (χ4v) is 4.34. The van der Waals surface area contributed by atoms with Crippen molar-refractivity contribution in [3.63, 3.8) is 0 Å². The van der Waals surface area contributed by atoms with Crippen molar-refractivity contribution in [3.8, 4) is 0 Å². The third-order valence-corrected chi connectivity index (χ3v) is 7.15. The molecule has 1 atom stereocenters. The number of rotatable bonds is 7. The molecule has 9 heteroatoms. The Bertz CT molecular complexity index is 1250. The number of likely N-dealkylation sites (N-methyl/N-ethyl adjacent to an activating group) is 1. The maximum atomic E-state index is 13.1. The summed E-state index contributed by atoms with van der Waals surface area (Å²) >= 11 is 1.65. The molecule has 1 aliphatic heterocycles. The maximum absolute atomic E-state index is 13.1. The van der Waals surface area contributed by atoms with E-state index in [-0.39, 0.29) is 35.7 Å². The topological polar surface area (TPSA) is 96.3 Å². The van der Waals surface area contributed by atoms with Gasteiger partial charge in [-0.15, -0.1) is 11.8 Å². The molecule has 2 aromatic carbocycles. The Balaban J connectivity index is 1.44. The van der Waals surface area contributed by atoms with Crippen LogP contribution >= 0.6 is 11.8 Å². The molecule has 0 unspecified atom stereocenters.